The van der Waals surface area contributed by atoms with Crippen LogP contribution in [0, 0.1) is 0 Å². The van der Waals surface area contributed by atoms with Crippen molar-refractivity contribution in [2.45, 2.75) is 39.3 Å². The van der Waals surface area contributed by atoms with Crippen LogP contribution in [0.4, 0.5) is 0 Å². The van der Waals surface area contributed by atoms with Crippen LogP contribution < -0.4 is 5.32 Å². The van der Waals surface area contributed by atoms with Crippen molar-refractivity contribution in [3.63, 3.8) is 0 Å². The zero-order chi connectivity index (χ0) is 15.5. The lowest BCUT2D eigenvalue weighted by atomic mass is 9.96. The Morgan fingerprint density at radius 2 is 2.14 bits per heavy atom. The van der Waals surface area contributed by atoms with Crippen LogP contribution in [0.1, 0.15) is 32.2 Å². The predicted molar refractivity (Wildman–Crippen MR) is 79.8 cm³/mol. The molecule has 1 heterocycles. The molecule has 0 unspecified atom stereocenters. The van der Waals surface area contributed by atoms with E-state index in [1.54, 1.807) is 6.07 Å². The van der Waals surface area contributed by atoms with Crippen LogP contribution in [-0.2, 0) is 23.3 Å². The van der Waals surface area contributed by atoms with Crippen molar-refractivity contribution in [3.05, 3.63) is 40.7 Å². The lowest BCUT2D eigenvalue weighted by Gasteiger charge is -2.16. The van der Waals surface area contributed by atoms with Crippen molar-refractivity contribution < 1.29 is 4.79 Å². The van der Waals surface area contributed by atoms with E-state index in [-0.39, 0.29) is 17.9 Å². The van der Waals surface area contributed by atoms with Gasteiger partial charge in [0.25, 0.3) is 0 Å². The highest BCUT2D eigenvalue weighted by Crippen LogP contribution is 2.18. The maximum absolute atomic E-state index is 12.0. The zero-order valence-electron chi connectivity index (χ0n) is 12.3. The molecule has 0 aliphatic carbocycles. The van der Waals surface area contributed by atoms with Gasteiger partial charge in [0.15, 0.2) is 5.82 Å². The number of amides is 1. The van der Waals surface area contributed by atoms with E-state index in [9.17, 15) is 4.79 Å². The van der Waals surface area contributed by atoms with Gasteiger partial charge in [-0.2, -0.15) is 0 Å². The Labute approximate surface area is 128 Å². The molecule has 2 rings (SSSR count). The van der Waals surface area contributed by atoms with Gasteiger partial charge in [-0.25, -0.2) is 4.68 Å². The number of nitrogens with zero attached hydrogens (tertiary/aromatic N) is 4. The molecule has 0 aliphatic heterocycles. The first-order valence-electron chi connectivity index (χ1n) is 6.64. The van der Waals surface area contributed by atoms with Crippen LogP contribution in [0.25, 0.3) is 0 Å². The van der Waals surface area contributed by atoms with Crippen LogP contribution in [0.2, 0.25) is 5.02 Å². The van der Waals surface area contributed by atoms with Gasteiger partial charge < -0.3 is 5.32 Å². The average molecular weight is 308 g/mol. The van der Waals surface area contributed by atoms with Crippen LogP contribution in [-0.4, -0.2) is 26.1 Å². The van der Waals surface area contributed by atoms with Crippen LogP contribution >= 0.6 is 11.6 Å². The van der Waals surface area contributed by atoms with Gasteiger partial charge in [0.1, 0.15) is 6.54 Å². The Morgan fingerprint density at radius 3 is 2.81 bits per heavy atom. The molecule has 0 spiro atoms. The summed E-state index contributed by atoms with van der Waals surface area (Å²) in [5.74, 6) is 0.535. The Balaban J connectivity index is 1.95. The summed E-state index contributed by atoms with van der Waals surface area (Å²) in [5, 5.41) is 15.0. The number of nitrogens with one attached hydrogen (secondary N) is 1. The molecule has 1 N–H and O–H groups in total. The number of halogens is 1. The summed E-state index contributed by atoms with van der Waals surface area (Å²) < 4.78 is 1.52. The second-order valence-electron chi connectivity index (χ2n) is 5.82. The van der Waals surface area contributed by atoms with Gasteiger partial charge in [0.05, 0.1) is 0 Å². The summed E-state index contributed by atoms with van der Waals surface area (Å²) in [5.41, 5.74) is 0.736. The molecule has 0 atom stereocenters. The van der Waals surface area contributed by atoms with Gasteiger partial charge in [-0.15, -0.1) is 5.10 Å². The van der Waals surface area contributed by atoms with Gasteiger partial charge in [0.2, 0.25) is 5.91 Å². The lowest BCUT2D eigenvalue weighted by molar-refractivity contribution is -0.122. The third-order valence-corrected chi connectivity index (χ3v) is 3.11. The number of rotatable bonds is 4. The molecule has 6 nitrogen and oxygen atoms in total. The minimum atomic E-state index is -0.212. The van der Waals surface area contributed by atoms with Crippen molar-refractivity contribution in [2.75, 3.05) is 0 Å². The molecule has 0 saturated heterocycles. The normalized spacial score (nSPS) is 11.4. The van der Waals surface area contributed by atoms with Gasteiger partial charge >= 0.3 is 0 Å². The number of tetrazole rings is 1. The number of carbonyl (C=O) groups is 1. The number of aromatic nitrogens is 4. The second-order valence-corrected chi connectivity index (χ2v) is 6.25. The number of hydrogen-bond acceptors (Lipinski definition) is 4. The smallest absolute Gasteiger partial charge is 0.242 e. The topological polar surface area (TPSA) is 72.7 Å². The SMILES string of the molecule is CC(C)(C)c1nnnn1CC(=O)NCc1cccc(Cl)c1. The van der Waals surface area contributed by atoms with E-state index >= 15 is 0 Å². The monoisotopic (exact) mass is 307 g/mol. The summed E-state index contributed by atoms with van der Waals surface area (Å²) >= 11 is 5.90. The average Bonchev–Trinajstić information content (AvgIpc) is 2.84. The van der Waals surface area contributed by atoms with E-state index in [4.69, 9.17) is 11.6 Å². The summed E-state index contributed by atoms with van der Waals surface area (Å²) in [7, 11) is 0. The molecule has 1 aromatic carbocycles. The molecule has 0 saturated carbocycles. The Hall–Kier alpha value is -1.95. The fourth-order valence-corrected chi connectivity index (χ4v) is 2.10. The van der Waals surface area contributed by atoms with Crippen LogP contribution in [0.5, 0.6) is 0 Å². The van der Waals surface area contributed by atoms with E-state index in [1.165, 1.54) is 4.68 Å². The zero-order valence-corrected chi connectivity index (χ0v) is 13.1. The maximum Gasteiger partial charge on any atom is 0.242 e. The van der Waals surface area contributed by atoms with E-state index < -0.39 is 0 Å². The van der Waals surface area contributed by atoms with Gasteiger partial charge in [0, 0.05) is 17.0 Å². The molecule has 1 aromatic heterocycles. The van der Waals surface area contributed by atoms with E-state index in [0.717, 1.165) is 5.56 Å². The number of carbonyl (C=O) groups excluding carboxylic acids is 1. The summed E-state index contributed by atoms with van der Waals surface area (Å²) in [6.45, 7) is 6.52. The number of hydrogen-bond donors (Lipinski definition) is 1. The van der Waals surface area contributed by atoms with Crippen molar-refractivity contribution >= 4 is 17.5 Å². The minimum Gasteiger partial charge on any atom is -0.350 e. The first kappa shape index (κ1) is 15.4. The molecule has 21 heavy (non-hydrogen) atoms. The van der Waals surface area contributed by atoms with E-state index in [0.29, 0.717) is 17.4 Å². The molecule has 0 aliphatic rings. The van der Waals surface area contributed by atoms with Crippen molar-refractivity contribution in [1.82, 2.24) is 25.5 Å². The molecule has 1 amide bonds. The van der Waals surface area contributed by atoms with Crippen molar-refractivity contribution in [3.8, 4) is 0 Å². The largest absolute Gasteiger partial charge is 0.350 e. The van der Waals surface area contributed by atoms with Crippen molar-refractivity contribution in [1.29, 1.82) is 0 Å². The fraction of sp³-hybridized carbons (Fsp3) is 0.429. The van der Waals surface area contributed by atoms with E-state index in [2.05, 4.69) is 20.8 Å². The predicted octanol–water partition coefficient (Wildman–Crippen LogP) is 1.94. The molecule has 0 bridgehead atoms. The standard InChI is InChI=1S/C14H18ClN5O/c1-14(2,3)13-17-18-19-20(13)9-12(21)16-8-10-5-4-6-11(15)7-10/h4-7H,8-9H2,1-3H3,(H,16,21). The second kappa shape index (κ2) is 6.22. The first-order chi connectivity index (χ1) is 9.86. The van der Waals surface area contributed by atoms with Gasteiger partial charge in [-0.3, -0.25) is 4.79 Å². The fourth-order valence-electron chi connectivity index (χ4n) is 1.89. The highest BCUT2D eigenvalue weighted by Gasteiger charge is 2.22. The first-order valence-corrected chi connectivity index (χ1v) is 7.02. The maximum atomic E-state index is 12.0. The quantitative estimate of drug-likeness (QED) is 0.937. The molecular formula is C14H18ClN5O. The third-order valence-electron chi connectivity index (χ3n) is 2.87. The third kappa shape index (κ3) is 4.26. The summed E-state index contributed by atoms with van der Waals surface area (Å²) in [4.78, 5) is 12.0. The molecule has 112 valence electrons. The lowest BCUT2D eigenvalue weighted by Crippen LogP contribution is -2.30. The van der Waals surface area contributed by atoms with Gasteiger partial charge in [-0.05, 0) is 28.1 Å². The van der Waals surface area contributed by atoms with Crippen molar-refractivity contribution in [2.24, 2.45) is 0 Å². The Kier molecular flexibility index (Phi) is 4.57. The summed E-state index contributed by atoms with van der Waals surface area (Å²) in [6.07, 6.45) is 0. The highest BCUT2D eigenvalue weighted by atomic mass is 35.5. The Morgan fingerprint density at radius 1 is 1.38 bits per heavy atom. The highest BCUT2D eigenvalue weighted by molar-refractivity contribution is 6.30. The van der Waals surface area contributed by atoms with E-state index in [1.807, 2.05) is 39.0 Å². The van der Waals surface area contributed by atoms with Crippen LogP contribution in [0.15, 0.2) is 24.3 Å². The molecule has 0 fully saturated rings. The van der Waals surface area contributed by atoms with Gasteiger partial charge in [-0.1, -0.05) is 44.5 Å². The summed E-state index contributed by atoms with van der Waals surface area (Å²) in [6, 6.07) is 7.37. The molecular weight excluding hydrogens is 290 g/mol. The number of benzene rings is 1. The molecule has 2 aromatic rings. The molecule has 7 heteroatoms. The van der Waals surface area contributed by atoms with Crippen LogP contribution in [0.3, 0.4) is 0 Å². The minimum absolute atomic E-state index is 0.0974. The Bertz CT molecular complexity index is 632. The molecule has 0 radical (unpaired) electrons.